The molecule has 0 saturated heterocycles. The van der Waals surface area contributed by atoms with E-state index in [0.29, 0.717) is 5.88 Å². The molecule has 1 amide bonds. The Bertz CT molecular complexity index is 1160. The average Bonchev–Trinajstić information content (AvgIpc) is 3.06. The minimum atomic E-state index is -0.840. The molecule has 0 spiro atoms. The smallest absolute Gasteiger partial charge is 0.392 e. The Balaban J connectivity index is 1.54. The number of primary amides is 1. The predicted molar refractivity (Wildman–Crippen MR) is 124 cm³/mol. The third-order valence-electron chi connectivity index (χ3n) is 4.52. The predicted octanol–water partition coefficient (Wildman–Crippen LogP) is 5.83. The number of nitrogens with one attached hydrogen (secondary N) is 2. The lowest BCUT2D eigenvalue weighted by Crippen LogP contribution is -2.16. The van der Waals surface area contributed by atoms with Gasteiger partial charge in [0, 0.05) is 33.4 Å². The SMILES string of the molecule is NC(=O)Oc1[nH]c2cc(CNCc3ccc(Br)cc3)ccc2c1Sc1ccccc1. The highest BCUT2D eigenvalue weighted by molar-refractivity contribution is 9.10. The summed E-state index contributed by atoms with van der Waals surface area (Å²) in [6.07, 6.45) is -0.840. The number of ether oxygens (including phenoxy) is 1. The van der Waals surface area contributed by atoms with Crippen LogP contribution in [0.2, 0.25) is 0 Å². The first-order valence-corrected chi connectivity index (χ1v) is 11.0. The Morgan fingerprint density at radius 3 is 2.43 bits per heavy atom. The molecule has 0 radical (unpaired) electrons. The Morgan fingerprint density at radius 2 is 1.70 bits per heavy atom. The van der Waals surface area contributed by atoms with Gasteiger partial charge in [0.25, 0.3) is 0 Å². The van der Waals surface area contributed by atoms with E-state index in [1.165, 1.54) is 17.3 Å². The maximum Gasteiger partial charge on any atom is 0.411 e. The topological polar surface area (TPSA) is 80.1 Å². The second kappa shape index (κ2) is 9.38. The summed E-state index contributed by atoms with van der Waals surface area (Å²) in [6.45, 7) is 1.50. The van der Waals surface area contributed by atoms with Crippen molar-refractivity contribution in [2.75, 3.05) is 0 Å². The lowest BCUT2D eigenvalue weighted by molar-refractivity contribution is 0.208. The van der Waals surface area contributed by atoms with Crippen molar-refractivity contribution in [2.24, 2.45) is 5.73 Å². The first-order valence-electron chi connectivity index (χ1n) is 9.38. The van der Waals surface area contributed by atoms with Gasteiger partial charge in [-0.1, -0.05) is 70.2 Å². The van der Waals surface area contributed by atoms with Crippen LogP contribution in [0.4, 0.5) is 4.79 Å². The van der Waals surface area contributed by atoms with Crippen LogP contribution in [-0.2, 0) is 13.1 Å². The van der Waals surface area contributed by atoms with Crippen molar-refractivity contribution >= 4 is 44.7 Å². The molecule has 152 valence electrons. The maximum atomic E-state index is 11.4. The van der Waals surface area contributed by atoms with Gasteiger partial charge in [0.05, 0.1) is 4.90 Å². The Kier molecular flexibility index (Phi) is 6.42. The summed E-state index contributed by atoms with van der Waals surface area (Å²) in [5.74, 6) is 0.367. The van der Waals surface area contributed by atoms with Crippen molar-refractivity contribution in [1.82, 2.24) is 10.3 Å². The third kappa shape index (κ3) is 5.05. The van der Waals surface area contributed by atoms with Crippen LogP contribution in [0.15, 0.2) is 87.1 Å². The molecule has 5 nitrogen and oxygen atoms in total. The second-order valence-electron chi connectivity index (χ2n) is 6.73. The number of hydrogen-bond acceptors (Lipinski definition) is 4. The normalized spacial score (nSPS) is 11.0. The Labute approximate surface area is 187 Å². The highest BCUT2D eigenvalue weighted by Crippen LogP contribution is 2.40. The van der Waals surface area contributed by atoms with Crippen LogP contribution in [0.25, 0.3) is 10.9 Å². The van der Waals surface area contributed by atoms with Gasteiger partial charge in [0.2, 0.25) is 5.88 Å². The molecule has 4 rings (SSSR count). The third-order valence-corrected chi connectivity index (χ3v) is 6.17. The minimum Gasteiger partial charge on any atom is -0.392 e. The zero-order valence-corrected chi connectivity index (χ0v) is 18.4. The van der Waals surface area contributed by atoms with Crippen LogP contribution in [0.5, 0.6) is 5.88 Å². The molecule has 0 atom stereocenters. The molecule has 0 aliphatic heterocycles. The van der Waals surface area contributed by atoms with Crippen LogP contribution >= 0.6 is 27.7 Å². The molecular weight excluding hydrogens is 462 g/mol. The summed E-state index contributed by atoms with van der Waals surface area (Å²) in [5, 5.41) is 4.44. The first-order chi connectivity index (χ1) is 14.6. The van der Waals surface area contributed by atoms with E-state index in [2.05, 4.69) is 50.5 Å². The number of halogens is 1. The summed E-state index contributed by atoms with van der Waals surface area (Å²) < 4.78 is 6.30. The largest absolute Gasteiger partial charge is 0.411 e. The summed E-state index contributed by atoms with van der Waals surface area (Å²) in [5.41, 5.74) is 8.51. The molecule has 1 aromatic heterocycles. The quantitative estimate of drug-likeness (QED) is 0.310. The summed E-state index contributed by atoms with van der Waals surface area (Å²) in [4.78, 5) is 16.5. The number of carbonyl (C=O) groups excluding carboxylic acids is 1. The number of aromatic nitrogens is 1. The molecule has 4 N–H and O–H groups in total. The van der Waals surface area contributed by atoms with Crippen molar-refractivity contribution in [3.63, 3.8) is 0 Å². The van der Waals surface area contributed by atoms with Crippen LogP contribution < -0.4 is 15.8 Å². The van der Waals surface area contributed by atoms with E-state index in [1.807, 2.05) is 48.5 Å². The standard InChI is InChI=1S/C23H20BrN3O2S/c24-17-9-6-15(7-10-17)13-26-14-16-8-11-19-20(12-16)27-22(29-23(25)28)21(19)30-18-4-2-1-3-5-18/h1-12,26-27H,13-14H2,(H2,25,28). The van der Waals surface area contributed by atoms with Crippen molar-refractivity contribution in [3.05, 3.63) is 88.4 Å². The number of benzene rings is 3. The van der Waals surface area contributed by atoms with Gasteiger partial charge < -0.3 is 20.8 Å². The molecule has 0 bridgehead atoms. The molecule has 4 aromatic rings. The Hall–Kier alpha value is -2.74. The van der Waals surface area contributed by atoms with Gasteiger partial charge in [-0.2, -0.15) is 0 Å². The Morgan fingerprint density at radius 1 is 1.00 bits per heavy atom. The van der Waals surface area contributed by atoms with Gasteiger partial charge in [-0.05, 0) is 41.5 Å². The molecule has 30 heavy (non-hydrogen) atoms. The summed E-state index contributed by atoms with van der Waals surface area (Å²) in [6, 6.07) is 24.4. The zero-order valence-electron chi connectivity index (χ0n) is 16.0. The van der Waals surface area contributed by atoms with Gasteiger partial charge >= 0.3 is 6.09 Å². The average molecular weight is 482 g/mol. The monoisotopic (exact) mass is 481 g/mol. The van der Waals surface area contributed by atoms with E-state index in [0.717, 1.165) is 43.8 Å². The number of hydrogen-bond donors (Lipinski definition) is 3. The van der Waals surface area contributed by atoms with E-state index in [1.54, 1.807) is 0 Å². The fraction of sp³-hybridized carbons (Fsp3) is 0.0870. The number of rotatable bonds is 7. The van der Waals surface area contributed by atoms with Gasteiger partial charge in [-0.3, -0.25) is 0 Å². The van der Waals surface area contributed by atoms with Crippen molar-refractivity contribution in [3.8, 4) is 5.88 Å². The van der Waals surface area contributed by atoms with E-state index >= 15 is 0 Å². The molecule has 0 unspecified atom stereocenters. The van der Waals surface area contributed by atoms with Crippen molar-refractivity contribution in [1.29, 1.82) is 0 Å². The van der Waals surface area contributed by atoms with Crippen LogP contribution in [0.3, 0.4) is 0 Å². The van der Waals surface area contributed by atoms with Crippen molar-refractivity contribution < 1.29 is 9.53 Å². The fourth-order valence-corrected chi connectivity index (χ4v) is 4.40. The number of fused-ring (bicyclic) bond motifs is 1. The zero-order chi connectivity index (χ0) is 20.9. The van der Waals surface area contributed by atoms with Crippen LogP contribution in [0.1, 0.15) is 11.1 Å². The minimum absolute atomic E-state index is 0.367. The summed E-state index contributed by atoms with van der Waals surface area (Å²) in [7, 11) is 0. The molecular formula is C23H20BrN3O2S. The number of nitrogens with two attached hydrogens (primary N) is 1. The number of H-pyrrole nitrogens is 1. The lowest BCUT2D eigenvalue weighted by atomic mass is 10.1. The highest BCUT2D eigenvalue weighted by Gasteiger charge is 2.16. The molecule has 7 heteroatoms. The molecule has 0 saturated carbocycles. The van der Waals surface area contributed by atoms with E-state index in [-0.39, 0.29) is 0 Å². The van der Waals surface area contributed by atoms with E-state index < -0.39 is 6.09 Å². The van der Waals surface area contributed by atoms with Crippen LogP contribution in [-0.4, -0.2) is 11.1 Å². The fourth-order valence-electron chi connectivity index (χ4n) is 3.14. The summed E-state index contributed by atoms with van der Waals surface area (Å²) >= 11 is 4.98. The number of amides is 1. The molecule has 0 aliphatic rings. The number of aromatic amines is 1. The number of carbonyl (C=O) groups is 1. The molecule has 0 fully saturated rings. The molecule has 1 heterocycles. The molecule has 0 aliphatic carbocycles. The van der Waals surface area contributed by atoms with E-state index in [4.69, 9.17) is 10.5 Å². The first kappa shape index (κ1) is 20.5. The second-order valence-corrected chi connectivity index (χ2v) is 8.73. The van der Waals surface area contributed by atoms with Gasteiger partial charge in [0.1, 0.15) is 0 Å². The highest BCUT2D eigenvalue weighted by atomic mass is 79.9. The van der Waals surface area contributed by atoms with Crippen molar-refractivity contribution in [2.45, 2.75) is 22.9 Å². The van der Waals surface area contributed by atoms with Gasteiger partial charge in [0.15, 0.2) is 0 Å². The molecule has 3 aromatic carbocycles. The van der Waals surface area contributed by atoms with Gasteiger partial charge in [-0.25, -0.2) is 4.79 Å². The lowest BCUT2D eigenvalue weighted by Gasteiger charge is -2.06. The van der Waals surface area contributed by atoms with Gasteiger partial charge in [-0.15, -0.1) is 0 Å². The maximum absolute atomic E-state index is 11.4. The van der Waals surface area contributed by atoms with Crippen LogP contribution in [0, 0.1) is 0 Å². The van der Waals surface area contributed by atoms with E-state index in [9.17, 15) is 4.79 Å².